The Morgan fingerprint density at radius 2 is 1.93 bits per heavy atom. The van der Waals surface area contributed by atoms with Gasteiger partial charge in [-0.25, -0.2) is 22.4 Å². The van der Waals surface area contributed by atoms with E-state index in [4.69, 9.17) is 10.5 Å². The van der Waals surface area contributed by atoms with Crippen molar-refractivity contribution in [2.24, 2.45) is 0 Å². The zero-order valence-electron chi connectivity index (χ0n) is 29.9. The molecular weight excluding hydrogens is 754 g/mol. The molecule has 2 aromatic heterocycles. The van der Waals surface area contributed by atoms with Gasteiger partial charge in [0.15, 0.2) is 5.82 Å². The lowest BCUT2D eigenvalue weighted by Gasteiger charge is -2.40. The summed E-state index contributed by atoms with van der Waals surface area (Å²) in [5.74, 6) is -2.32. The predicted molar refractivity (Wildman–Crippen MR) is 192 cm³/mol. The average Bonchev–Trinajstić information content (AvgIpc) is 3.87. The molecule has 8 rings (SSSR count). The number of likely N-dealkylation sites (N-methyl/N-ethyl adjacent to an activating group) is 1. The molecule has 0 saturated carbocycles. The summed E-state index contributed by atoms with van der Waals surface area (Å²) in [5, 5.41) is 9.19. The van der Waals surface area contributed by atoms with E-state index in [1.54, 1.807) is 23.6 Å². The number of halogens is 7. The molecule has 10 nitrogen and oxygen atoms in total. The van der Waals surface area contributed by atoms with Crippen molar-refractivity contribution in [3.05, 3.63) is 41.0 Å². The van der Waals surface area contributed by atoms with Gasteiger partial charge in [-0.1, -0.05) is 6.07 Å². The fourth-order valence-corrected chi connectivity index (χ4v) is 9.98. The molecule has 4 atom stereocenters. The number of nitriles is 1. The van der Waals surface area contributed by atoms with Gasteiger partial charge < -0.3 is 25.2 Å². The van der Waals surface area contributed by atoms with Gasteiger partial charge in [0, 0.05) is 42.4 Å². The molecule has 4 aromatic rings. The Bertz CT molecular complexity index is 2240. The third kappa shape index (κ3) is 6.05. The van der Waals surface area contributed by atoms with Crippen molar-refractivity contribution in [2.45, 2.75) is 75.7 Å². The van der Waals surface area contributed by atoms with Crippen molar-refractivity contribution in [3.8, 4) is 23.2 Å². The molecule has 4 fully saturated rings. The van der Waals surface area contributed by atoms with Gasteiger partial charge >= 0.3 is 18.2 Å². The maximum Gasteiger partial charge on any atom is 0.417 e. The Kier molecular flexibility index (Phi) is 9.18. The summed E-state index contributed by atoms with van der Waals surface area (Å²) in [7, 11) is 0. The van der Waals surface area contributed by atoms with Gasteiger partial charge in [0.05, 0.1) is 46.5 Å². The first-order valence-corrected chi connectivity index (χ1v) is 19.0. The third-order valence-electron chi connectivity index (χ3n) is 11.7. The average molecular weight is 791 g/mol. The van der Waals surface area contributed by atoms with E-state index >= 15 is 22.0 Å². The summed E-state index contributed by atoms with van der Waals surface area (Å²) in [6.07, 6.45) is -5.31. The highest BCUT2D eigenvalue weighted by Crippen LogP contribution is 2.49. The number of nitrogens with two attached hydrogens (primary N) is 1. The van der Waals surface area contributed by atoms with Gasteiger partial charge in [0.1, 0.15) is 47.2 Å². The molecule has 0 bridgehead atoms. The molecule has 2 N–H and O–H groups in total. The second kappa shape index (κ2) is 13.5. The molecule has 2 aromatic carbocycles. The Labute approximate surface area is 315 Å². The van der Waals surface area contributed by atoms with E-state index in [0.717, 1.165) is 24.6 Å². The zero-order valence-corrected chi connectivity index (χ0v) is 30.7. The maximum absolute atomic E-state index is 17.3. The molecule has 4 unspecified atom stereocenters. The van der Waals surface area contributed by atoms with Gasteiger partial charge in [-0.3, -0.25) is 4.90 Å². The van der Waals surface area contributed by atoms with Crippen LogP contribution < -0.4 is 15.4 Å². The fourth-order valence-electron chi connectivity index (χ4n) is 9.03. The third-order valence-corrected chi connectivity index (χ3v) is 12.7. The maximum atomic E-state index is 17.3. The number of anilines is 2. The SMILES string of the molecule is CCN(c1nc(OCC23CCCN2CC(F)C3)nc2c(F)c(-c3ccc(F)c4sc(N)c(C#N)c34)c(C(F)(F)F)cc12)C1CCN(C(=O)N2CC(F)C2)C1C. The summed E-state index contributed by atoms with van der Waals surface area (Å²) >= 11 is 0.666. The molecule has 2 amide bonds. The number of alkyl halides is 5. The molecule has 55 heavy (non-hydrogen) atoms. The van der Waals surface area contributed by atoms with Crippen LogP contribution >= 0.6 is 11.3 Å². The smallest absolute Gasteiger partial charge is 0.417 e. The molecule has 292 valence electrons. The minimum atomic E-state index is -5.16. The number of carbonyl (C=O) groups is 1. The van der Waals surface area contributed by atoms with Crippen LogP contribution in [0.2, 0.25) is 0 Å². The van der Waals surface area contributed by atoms with Crippen molar-refractivity contribution in [3.63, 3.8) is 0 Å². The van der Waals surface area contributed by atoms with E-state index in [9.17, 15) is 18.8 Å². The number of likely N-dealkylation sites (tertiary alicyclic amines) is 2. The number of nitrogen functional groups attached to an aromatic ring is 1. The molecule has 4 aliphatic heterocycles. The van der Waals surface area contributed by atoms with E-state index in [1.807, 2.05) is 11.0 Å². The molecule has 4 saturated heterocycles. The Balaban J connectivity index is 1.31. The van der Waals surface area contributed by atoms with Gasteiger partial charge in [-0.05, 0) is 57.4 Å². The minimum Gasteiger partial charge on any atom is -0.461 e. The number of hydrogen-bond acceptors (Lipinski definition) is 9. The number of thiophene rings is 1. The van der Waals surface area contributed by atoms with Crippen LogP contribution in [-0.4, -0.2) is 107 Å². The lowest BCUT2D eigenvalue weighted by Crippen LogP contribution is -2.57. The fraction of sp³-hybridized carbons (Fsp3) is 0.514. The molecule has 6 heterocycles. The first-order chi connectivity index (χ1) is 26.2. The summed E-state index contributed by atoms with van der Waals surface area (Å²) in [4.78, 5) is 28.9. The number of rotatable bonds is 7. The standard InChI is InChI=1S/C37H37F7N8O2S/c1-3-51(26-7-10-52(18(26)2)35(53)49-14-20(39)15-49)33-22-11-24(37(42,43)44)28(21-5-6-25(40)31-27(21)23(13-45)32(46)55-31)29(41)30(22)47-34(48-33)54-17-36-8-4-9-50(36)16-19(38)12-36/h5-6,11,18-20,26H,3-4,7-10,12,14-17,46H2,1-2H3. The number of carbonyl (C=O) groups excluding carboxylic acids is 1. The highest BCUT2D eigenvalue weighted by Gasteiger charge is 2.50. The Morgan fingerprint density at radius 3 is 2.62 bits per heavy atom. The first-order valence-electron chi connectivity index (χ1n) is 18.2. The number of ether oxygens (including phenoxy) is 1. The summed E-state index contributed by atoms with van der Waals surface area (Å²) in [5.41, 5.74) is 1.74. The van der Waals surface area contributed by atoms with E-state index < -0.39 is 70.0 Å². The zero-order chi connectivity index (χ0) is 39.1. The summed E-state index contributed by atoms with van der Waals surface area (Å²) in [6.45, 7) is 4.77. The van der Waals surface area contributed by atoms with Gasteiger partial charge in [-0.15, -0.1) is 11.3 Å². The monoisotopic (exact) mass is 790 g/mol. The number of aromatic nitrogens is 2. The molecular formula is C37H37F7N8O2S. The molecule has 0 spiro atoms. The van der Waals surface area contributed by atoms with Crippen molar-refractivity contribution >= 4 is 49.2 Å². The second-order valence-corrected chi connectivity index (χ2v) is 15.9. The number of hydrogen-bond donors (Lipinski definition) is 1. The lowest BCUT2D eigenvalue weighted by atomic mass is 9.92. The van der Waals surface area contributed by atoms with Crippen LogP contribution in [0.1, 0.15) is 50.7 Å². The van der Waals surface area contributed by atoms with Crippen LogP contribution in [0.3, 0.4) is 0 Å². The minimum absolute atomic E-state index is 0.0282. The molecule has 0 aliphatic carbocycles. The number of fused-ring (bicyclic) bond motifs is 3. The molecule has 18 heteroatoms. The second-order valence-electron chi connectivity index (χ2n) is 14.8. The van der Waals surface area contributed by atoms with Crippen LogP contribution in [0.5, 0.6) is 6.01 Å². The Hall–Kier alpha value is -4.63. The van der Waals surface area contributed by atoms with Crippen molar-refractivity contribution in [1.29, 1.82) is 5.26 Å². The number of benzene rings is 2. The van der Waals surface area contributed by atoms with E-state index in [2.05, 4.69) is 9.97 Å². The lowest BCUT2D eigenvalue weighted by molar-refractivity contribution is -0.137. The van der Waals surface area contributed by atoms with Gasteiger partial charge in [0.2, 0.25) is 0 Å². The number of urea groups is 1. The number of amides is 2. The van der Waals surface area contributed by atoms with Crippen molar-refractivity contribution in [1.82, 2.24) is 24.7 Å². The molecule has 4 aliphatic rings. The normalized spacial score (nSPS) is 24.5. The van der Waals surface area contributed by atoms with E-state index in [0.29, 0.717) is 30.7 Å². The highest BCUT2D eigenvalue weighted by atomic mass is 32.1. The topological polar surface area (TPSA) is 115 Å². The van der Waals surface area contributed by atoms with Crippen LogP contribution in [0.4, 0.5) is 46.3 Å². The van der Waals surface area contributed by atoms with Gasteiger partial charge in [0.25, 0.3) is 0 Å². The van der Waals surface area contributed by atoms with Crippen LogP contribution in [0.25, 0.3) is 32.1 Å². The van der Waals surface area contributed by atoms with Crippen molar-refractivity contribution in [2.75, 3.05) is 56.5 Å². The van der Waals surface area contributed by atoms with Crippen LogP contribution in [0, 0.1) is 23.0 Å². The van der Waals surface area contributed by atoms with E-state index in [1.165, 1.54) is 4.90 Å². The number of nitrogens with zero attached hydrogens (tertiary/aromatic N) is 7. The first kappa shape index (κ1) is 37.3. The highest BCUT2D eigenvalue weighted by molar-refractivity contribution is 7.23. The van der Waals surface area contributed by atoms with Crippen LogP contribution in [0.15, 0.2) is 18.2 Å². The quantitative estimate of drug-likeness (QED) is 0.195. The van der Waals surface area contributed by atoms with Crippen LogP contribution in [-0.2, 0) is 6.18 Å². The molecule has 0 radical (unpaired) electrons. The predicted octanol–water partition coefficient (Wildman–Crippen LogP) is 7.28. The van der Waals surface area contributed by atoms with Crippen molar-refractivity contribution < 1.29 is 40.3 Å². The van der Waals surface area contributed by atoms with E-state index in [-0.39, 0.29) is 89.6 Å². The summed E-state index contributed by atoms with van der Waals surface area (Å²) < 4.78 is 112. The van der Waals surface area contributed by atoms with Gasteiger partial charge in [-0.2, -0.15) is 28.4 Å². The summed E-state index contributed by atoms with van der Waals surface area (Å²) in [6, 6.07) is 2.74. The Morgan fingerprint density at radius 1 is 1.16 bits per heavy atom. The largest absolute Gasteiger partial charge is 0.461 e.